The van der Waals surface area contributed by atoms with Crippen molar-refractivity contribution in [2.75, 3.05) is 6.61 Å². The zero-order valence-corrected chi connectivity index (χ0v) is 14.6. The van der Waals surface area contributed by atoms with E-state index >= 15 is 0 Å². The molecule has 2 heterocycles. The average Bonchev–Trinajstić information content (AvgIpc) is 3.15. The fourth-order valence-electron chi connectivity index (χ4n) is 2.36. The van der Waals surface area contributed by atoms with Crippen molar-refractivity contribution in [1.29, 1.82) is 0 Å². The number of aromatic nitrogens is 3. The number of nitrogens with zero attached hydrogens (tertiary/aromatic N) is 2. The number of thioether (sulfide) groups is 1. The normalized spacial score (nSPS) is 11.8. The first kappa shape index (κ1) is 16.6. The molecule has 0 aliphatic rings. The van der Waals surface area contributed by atoms with Crippen molar-refractivity contribution >= 4 is 28.6 Å². The van der Waals surface area contributed by atoms with Gasteiger partial charge in [-0.2, -0.15) is 0 Å². The fraction of sp³-hybridized carbons (Fsp3) is 0.353. The maximum Gasteiger partial charge on any atom is 0.322 e. The Labute approximate surface area is 144 Å². The average molecular weight is 345 g/mol. The second-order valence-electron chi connectivity index (χ2n) is 5.83. The third-order valence-electron chi connectivity index (χ3n) is 3.57. The van der Waals surface area contributed by atoms with Gasteiger partial charge in [-0.1, -0.05) is 18.2 Å². The van der Waals surface area contributed by atoms with Crippen molar-refractivity contribution in [2.45, 2.75) is 37.2 Å². The van der Waals surface area contributed by atoms with Crippen molar-refractivity contribution in [3.8, 4) is 0 Å². The van der Waals surface area contributed by atoms with Crippen LogP contribution < -0.4 is 0 Å². The molecule has 0 unspecified atom stereocenters. The molecule has 24 heavy (non-hydrogen) atoms. The minimum Gasteiger partial charge on any atom is -0.465 e. The van der Waals surface area contributed by atoms with E-state index in [1.807, 2.05) is 24.4 Å². The molecule has 0 amide bonds. The zero-order chi connectivity index (χ0) is 17.2. The van der Waals surface area contributed by atoms with Gasteiger partial charge in [-0.3, -0.25) is 4.79 Å². The maximum atomic E-state index is 11.9. The fourth-order valence-corrected chi connectivity index (χ4v) is 3.15. The predicted molar refractivity (Wildman–Crippen MR) is 92.0 cm³/mol. The van der Waals surface area contributed by atoms with Crippen LogP contribution in [0.4, 0.5) is 0 Å². The number of carbonyl (C=O) groups is 1. The second-order valence-corrected chi connectivity index (χ2v) is 7.40. The van der Waals surface area contributed by atoms with Gasteiger partial charge < -0.3 is 14.1 Å². The van der Waals surface area contributed by atoms with Crippen molar-refractivity contribution < 1.29 is 13.9 Å². The van der Waals surface area contributed by atoms with E-state index in [4.69, 9.17) is 9.15 Å². The summed E-state index contributed by atoms with van der Waals surface area (Å²) in [5.74, 6) is 0.216. The third kappa shape index (κ3) is 3.46. The Morgan fingerprint density at radius 3 is 2.92 bits per heavy atom. The summed E-state index contributed by atoms with van der Waals surface area (Å²) in [4.78, 5) is 15.2. The lowest BCUT2D eigenvalue weighted by Gasteiger charge is -2.18. The molecule has 3 aromatic rings. The Balaban J connectivity index is 1.73. The number of rotatable bonds is 6. The van der Waals surface area contributed by atoms with Crippen LogP contribution in [0, 0.1) is 0 Å². The Bertz CT molecular complexity index is 854. The molecule has 1 N–H and O–H groups in total. The van der Waals surface area contributed by atoms with Crippen LogP contribution in [0.3, 0.4) is 0 Å². The number of hydrogen-bond donors (Lipinski definition) is 1. The molecule has 3 rings (SSSR count). The van der Waals surface area contributed by atoms with Crippen LogP contribution in [-0.4, -0.2) is 32.5 Å². The molecule has 0 atom stereocenters. The van der Waals surface area contributed by atoms with Gasteiger partial charge in [0.15, 0.2) is 0 Å². The summed E-state index contributed by atoms with van der Waals surface area (Å²) in [5, 5.41) is 9.62. The van der Waals surface area contributed by atoms with Gasteiger partial charge in [0, 0.05) is 17.1 Å². The van der Waals surface area contributed by atoms with Crippen molar-refractivity contribution in [2.24, 2.45) is 0 Å². The number of fused-ring (bicyclic) bond motifs is 1. The molecule has 126 valence electrons. The first-order valence-corrected chi connectivity index (χ1v) is 8.55. The Morgan fingerprint density at radius 1 is 1.33 bits per heavy atom. The summed E-state index contributed by atoms with van der Waals surface area (Å²) in [6.45, 7) is 5.68. The molecule has 0 fully saturated rings. The van der Waals surface area contributed by atoms with Gasteiger partial charge in [0.2, 0.25) is 5.89 Å². The molecular formula is C17H19N3O3S. The first-order chi connectivity index (χ1) is 11.5. The molecule has 0 spiro atoms. The summed E-state index contributed by atoms with van der Waals surface area (Å²) in [6.07, 6.45) is 2.49. The lowest BCUT2D eigenvalue weighted by molar-refractivity contribution is -0.145. The van der Waals surface area contributed by atoms with E-state index in [0.29, 0.717) is 24.1 Å². The topological polar surface area (TPSA) is 81.0 Å². The van der Waals surface area contributed by atoms with Crippen molar-refractivity contribution in [3.05, 3.63) is 41.9 Å². The van der Waals surface area contributed by atoms with Gasteiger partial charge >= 0.3 is 5.97 Å². The summed E-state index contributed by atoms with van der Waals surface area (Å²) in [6, 6.07) is 8.06. The van der Waals surface area contributed by atoms with Crippen LogP contribution in [0.25, 0.3) is 10.9 Å². The molecule has 7 heteroatoms. The molecule has 0 aliphatic carbocycles. The molecule has 0 bridgehead atoms. The highest BCUT2D eigenvalue weighted by Crippen LogP contribution is 2.33. The number of hydrogen-bond acceptors (Lipinski definition) is 6. The summed E-state index contributed by atoms with van der Waals surface area (Å²) in [5.41, 5.74) is 2.17. The molecule has 1 aromatic carbocycles. The monoisotopic (exact) mass is 345 g/mol. The molecule has 0 saturated heterocycles. The summed E-state index contributed by atoms with van der Waals surface area (Å²) >= 11 is 1.21. The predicted octanol–water partition coefficient (Wildman–Crippen LogP) is 3.58. The van der Waals surface area contributed by atoms with Crippen LogP contribution >= 0.6 is 11.8 Å². The van der Waals surface area contributed by atoms with Crippen LogP contribution in [0.1, 0.15) is 32.2 Å². The van der Waals surface area contributed by atoms with Crippen LogP contribution in [0.2, 0.25) is 0 Å². The molecule has 6 nitrogen and oxygen atoms in total. The van der Waals surface area contributed by atoms with E-state index in [1.54, 1.807) is 20.8 Å². The van der Waals surface area contributed by atoms with Gasteiger partial charge in [0.25, 0.3) is 5.22 Å². The van der Waals surface area contributed by atoms with E-state index < -0.39 is 4.75 Å². The number of aromatic amines is 1. The zero-order valence-electron chi connectivity index (χ0n) is 13.8. The smallest absolute Gasteiger partial charge is 0.322 e. The van der Waals surface area contributed by atoms with Gasteiger partial charge in [-0.25, -0.2) is 0 Å². The van der Waals surface area contributed by atoms with Gasteiger partial charge in [-0.15, -0.1) is 10.2 Å². The molecule has 0 aliphatic heterocycles. The molecule has 2 aromatic heterocycles. The van der Waals surface area contributed by atoms with E-state index in [1.165, 1.54) is 11.8 Å². The van der Waals surface area contributed by atoms with Gasteiger partial charge in [-0.05, 0) is 44.2 Å². The Hall–Kier alpha value is -2.28. The number of nitrogens with one attached hydrogen (secondary N) is 1. The highest BCUT2D eigenvalue weighted by atomic mass is 32.2. The lowest BCUT2D eigenvalue weighted by atomic mass is 10.1. The number of carbonyl (C=O) groups excluding carboxylic acids is 1. The quantitative estimate of drug-likeness (QED) is 0.543. The maximum absolute atomic E-state index is 11.9. The minimum absolute atomic E-state index is 0.300. The van der Waals surface area contributed by atoms with Crippen molar-refractivity contribution in [1.82, 2.24) is 15.2 Å². The standard InChI is InChI=1S/C17H19N3O3S/c1-4-22-15(21)17(2,3)24-16-20-19-14(23-16)9-11-10-18-13-8-6-5-7-12(11)13/h5-8,10,18H,4,9H2,1-3H3. The van der Waals surface area contributed by atoms with Gasteiger partial charge in [0.05, 0.1) is 13.0 Å². The van der Waals surface area contributed by atoms with Crippen LogP contribution in [0.5, 0.6) is 0 Å². The highest BCUT2D eigenvalue weighted by Gasteiger charge is 2.33. The number of ether oxygens (including phenoxy) is 1. The number of H-pyrrole nitrogens is 1. The van der Waals surface area contributed by atoms with Crippen LogP contribution in [0.15, 0.2) is 40.1 Å². The number of esters is 1. The largest absolute Gasteiger partial charge is 0.465 e. The third-order valence-corrected chi connectivity index (χ3v) is 4.59. The molecule has 0 saturated carbocycles. The van der Waals surface area contributed by atoms with E-state index in [0.717, 1.165) is 16.5 Å². The highest BCUT2D eigenvalue weighted by molar-refractivity contribution is 8.01. The lowest BCUT2D eigenvalue weighted by Crippen LogP contribution is -2.29. The van der Waals surface area contributed by atoms with E-state index in [-0.39, 0.29) is 5.97 Å². The SMILES string of the molecule is CCOC(=O)C(C)(C)Sc1nnc(Cc2c[nH]c3ccccc23)o1. The molecular weight excluding hydrogens is 326 g/mol. The summed E-state index contributed by atoms with van der Waals surface area (Å²) < 4.78 is 9.98. The van der Waals surface area contributed by atoms with Crippen molar-refractivity contribution in [3.63, 3.8) is 0 Å². The number of benzene rings is 1. The first-order valence-electron chi connectivity index (χ1n) is 7.73. The number of para-hydroxylation sites is 1. The summed E-state index contributed by atoms with van der Waals surface area (Å²) in [7, 11) is 0. The Morgan fingerprint density at radius 2 is 2.12 bits per heavy atom. The van der Waals surface area contributed by atoms with Crippen LogP contribution in [-0.2, 0) is 16.0 Å². The van der Waals surface area contributed by atoms with E-state index in [2.05, 4.69) is 21.2 Å². The van der Waals surface area contributed by atoms with Gasteiger partial charge in [0.1, 0.15) is 4.75 Å². The molecule has 0 radical (unpaired) electrons. The Kier molecular flexibility index (Phi) is 4.62. The van der Waals surface area contributed by atoms with E-state index in [9.17, 15) is 4.79 Å². The second kappa shape index (κ2) is 6.68. The minimum atomic E-state index is -0.777.